The summed E-state index contributed by atoms with van der Waals surface area (Å²) in [4.78, 5) is 2.32. The van der Waals surface area contributed by atoms with Crippen molar-refractivity contribution >= 4 is 0 Å². The van der Waals surface area contributed by atoms with Crippen LogP contribution in [0.15, 0.2) is 0 Å². The summed E-state index contributed by atoms with van der Waals surface area (Å²) in [5, 5.41) is 0. The average molecular weight is 171 g/mol. The van der Waals surface area contributed by atoms with Crippen molar-refractivity contribution in [1.29, 1.82) is 0 Å². The highest BCUT2D eigenvalue weighted by molar-refractivity contribution is 4.79. The minimum atomic E-state index is 0.441. The van der Waals surface area contributed by atoms with Gasteiger partial charge in [0.1, 0.15) is 0 Å². The zero-order chi connectivity index (χ0) is 9.14. The van der Waals surface area contributed by atoms with E-state index in [9.17, 15) is 0 Å². The lowest BCUT2D eigenvalue weighted by Crippen LogP contribution is -2.41. The van der Waals surface area contributed by atoms with Crippen molar-refractivity contribution in [2.24, 2.45) is 0 Å². The van der Waals surface area contributed by atoms with Crippen LogP contribution >= 0.6 is 0 Å². The van der Waals surface area contributed by atoms with Crippen LogP contribution in [-0.4, -0.2) is 37.2 Å². The molecule has 1 heterocycles. The van der Waals surface area contributed by atoms with Crippen LogP contribution in [0.1, 0.15) is 33.1 Å². The van der Waals surface area contributed by atoms with E-state index >= 15 is 0 Å². The van der Waals surface area contributed by atoms with E-state index in [1.807, 2.05) is 0 Å². The fourth-order valence-electron chi connectivity index (χ4n) is 1.91. The van der Waals surface area contributed by atoms with E-state index in [0.29, 0.717) is 12.2 Å². The molecule has 0 radical (unpaired) electrons. The van der Waals surface area contributed by atoms with E-state index in [1.54, 1.807) is 0 Å². The van der Waals surface area contributed by atoms with Crippen molar-refractivity contribution in [3.63, 3.8) is 0 Å². The van der Waals surface area contributed by atoms with Gasteiger partial charge in [0.25, 0.3) is 0 Å². The second-order valence-corrected chi connectivity index (χ2v) is 4.07. The Labute approximate surface area is 75.9 Å². The lowest BCUT2D eigenvalue weighted by atomic mass is 9.97. The Kier molecular flexibility index (Phi) is 3.53. The molecule has 0 amide bonds. The Hall–Kier alpha value is -0.0800. The zero-order valence-corrected chi connectivity index (χ0v) is 8.71. The first kappa shape index (κ1) is 10.0. The molecule has 3 atom stereocenters. The summed E-state index contributed by atoms with van der Waals surface area (Å²) >= 11 is 0. The normalized spacial score (nSPS) is 37.2. The van der Waals surface area contributed by atoms with Crippen LogP contribution in [0.25, 0.3) is 0 Å². The fourth-order valence-corrected chi connectivity index (χ4v) is 1.91. The van der Waals surface area contributed by atoms with Crippen LogP contribution in [0.4, 0.5) is 0 Å². The molecule has 1 rings (SSSR count). The topological polar surface area (TPSA) is 12.5 Å². The van der Waals surface area contributed by atoms with Gasteiger partial charge in [0.15, 0.2) is 0 Å². The first-order chi connectivity index (χ1) is 5.63. The van der Waals surface area contributed by atoms with Crippen molar-refractivity contribution in [3.8, 4) is 0 Å². The summed E-state index contributed by atoms with van der Waals surface area (Å²) in [5.74, 6) is 0. The van der Waals surface area contributed by atoms with Gasteiger partial charge in [0.2, 0.25) is 0 Å². The second kappa shape index (κ2) is 4.24. The predicted molar refractivity (Wildman–Crippen MR) is 51.3 cm³/mol. The van der Waals surface area contributed by atoms with E-state index < -0.39 is 0 Å². The molecular weight excluding hydrogens is 150 g/mol. The summed E-state index contributed by atoms with van der Waals surface area (Å²) in [6.07, 6.45) is 4.46. The second-order valence-electron chi connectivity index (χ2n) is 4.07. The molecule has 0 N–H and O–H groups in total. The van der Waals surface area contributed by atoms with Crippen molar-refractivity contribution in [2.45, 2.75) is 51.4 Å². The molecule has 2 unspecified atom stereocenters. The van der Waals surface area contributed by atoms with E-state index in [4.69, 9.17) is 4.74 Å². The Balaban J connectivity index is 2.45. The van der Waals surface area contributed by atoms with Crippen LogP contribution in [0, 0.1) is 0 Å². The van der Waals surface area contributed by atoms with E-state index in [-0.39, 0.29) is 0 Å². The molecule has 1 aliphatic rings. The minimum Gasteiger partial charge on any atom is -0.375 e. The van der Waals surface area contributed by atoms with Crippen molar-refractivity contribution in [3.05, 3.63) is 0 Å². The van der Waals surface area contributed by atoms with E-state index in [0.717, 1.165) is 12.5 Å². The molecule has 0 aliphatic carbocycles. The van der Waals surface area contributed by atoms with E-state index in [1.165, 1.54) is 12.8 Å². The molecule has 0 aromatic rings. The molecule has 1 fully saturated rings. The largest absolute Gasteiger partial charge is 0.375 e. The SMILES string of the molecule is CC[C@H]1CC(N(C)C)CC(C)O1. The molecule has 0 spiro atoms. The molecule has 0 aromatic heterocycles. The van der Waals surface area contributed by atoms with E-state index in [2.05, 4.69) is 32.8 Å². The molecular formula is C10H21NO. The van der Waals surface area contributed by atoms with Gasteiger partial charge in [0, 0.05) is 6.04 Å². The molecule has 0 saturated carbocycles. The number of hydrogen-bond donors (Lipinski definition) is 0. The summed E-state index contributed by atoms with van der Waals surface area (Å²) in [6, 6.07) is 0.721. The highest BCUT2D eigenvalue weighted by Gasteiger charge is 2.26. The van der Waals surface area contributed by atoms with Crippen molar-refractivity contribution in [1.82, 2.24) is 4.90 Å². The van der Waals surface area contributed by atoms with Gasteiger partial charge in [-0.3, -0.25) is 0 Å². The summed E-state index contributed by atoms with van der Waals surface area (Å²) < 4.78 is 5.79. The van der Waals surface area contributed by atoms with Crippen molar-refractivity contribution in [2.75, 3.05) is 14.1 Å². The number of hydrogen-bond acceptors (Lipinski definition) is 2. The molecule has 0 aromatic carbocycles. The standard InChI is InChI=1S/C10H21NO/c1-5-10-7-9(11(3)4)6-8(2)12-10/h8-10H,5-7H2,1-4H3/t8?,9?,10-/m0/s1. The van der Waals surface area contributed by atoms with Crippen molar-refractivity contribution < 1.29 is 4.74 Å². The van der Waals surface area contributed by atoms with Gasteiger partial charge in [-0.2, -0.15) is 0 Å². The lowest BCUT2D eigenvalue weighted by Gasteiger charge is -2.36. The molecule has 2 heteroatoms. The third kappa shape index (κ3) is 2.46. The van der Waals surface area contributed by atoms with Gasteiger partial charge in [-0.15, -0.1) is 0 Å². The van der Waals surface area contributed by atoms with Crippen LogP contribution in [-0.2, 0) is 4.74 Å². The minimum absolute atomic E-state index is 0.441. The highest BCUT2D eigenvalue weighted by Crippen LogP contribution is 2.23. The molecule has 1 aliphatic heterocycles. The molecule has 0 bridgehead atoms. The Bertz CT molecular complexity index is 136. The van der Waals surface area contributed by atoms with Crippen LogP contribution in [0.5, 0.6) is 0 Å². The predicted octanol–water partition coefficient (Wildman–Crippen LogP) is 1.89. The summed E-state index contributed by atoms with van der Waals surface area (Å²) in [7, 11) is 4.32. The smallest absolute Gasteiger partial charge is 0.0591 e. The maximum atomic E-state index is 5.79. The van der Waals surface area contributed by atoms with Gasteiger partial charge in [-0.05, 0) is 40.3 Å². The van der Waals surface area contributed by atoms with Crippen LogP contribution < -0.4 is 0 Å². The Morgan fingerprint density at radius 2 is 2.00 bits per heavy atom. The number of nitrogens with zero attached hydrogens (tertiary/aromatic N) is 1. The summed E-state index contributed by atoms with van der Waals surface area (Å²) in [5.41, 5.74) is 0. The molecule has 1 saturated heterocycles. The number of rotatable bonds is 2. The van der Waals surface area contributed by atoms with Gasteiger partial charge in [-0.25, -0.2) is 0 Å². The first-order valence-corrected chi connectivity index (χ1v) is 4.95. The van der Waals surface area contributed by atoms with Crippen LogP contribution in [0.2, 0.25) is 0 Å². The number of ether oxygens (including phenoxy) is 1. The van der Waals surface area contributed by atoms with Gasteiger partial charge < -0.3 is 9.64 Å². The zero-order valence-electron chi connectivity index (χ0n) is 8.71. The maximum Gasteiger partial charge on any atom is 0.0591 e. The van der Waals surface area contributed by atoms with Gasteiger partial charge >= 0.3 is 0 Å². The molecule has 12 heavy (non-hydrogen) atoms. The summed E-state index contributed by atoms with van der Waals surface area (Å²) in [6.45, 7) is 4.38. The molecule has 72 valence electrons. The monoisotopic (exact) mass is 171 g/mol. The van der Waals surface area contributed by atoms with Crippen LogP contribution in [0.3, 0.4) is 0 Å². The first-order valence-electron chi connectivity index (χ1n) is 4.95. The van der Waals surface area contributed by atoms with Gasteiger partial charge in [-0.1, -0.05) is 6.92 Å². The third-order valence-electron chi connectivity index (χ3n) is 2.75. The Morgan fingerprint density at radius 1 is 1.33 bits per heavy atom. The van der Waals surface area contributed by atoms with Gasteiger partial charge in [0.05, 0.1) is 12.2 Å². The Morgan fingerprint density at radius 3 is 2.50 bits per heavy atom. The average Bonchev–Trinajstić information content (AvgIpc) is 2.03. The lowest BCUT2D eigenvalue weighted by molar-refractivity contribution is -0.0679. The highest BCUT2D eigenvalue weighted by atomic mass is 16.5. The third-order valence-corrected chi connectivity index (χ3v) is 2.75. The quantitative estimate of drug-likeness (QED) is 0.629. The fraction of sp³-hybridized carbons (Fsp3) is 1.00. The maximum absolute atomic E-state index is 5.79. The molecule has 2 nitrogen and oxygen atoms in total.